The van der Waals surface area contributed by atoms with Crippen molar-refractivity contribution in [2.45, 2.75) is 51.9 Å². The first kappa shape index (κ1) is 29.5. The number of aryl methyl sites for hydroxylation is 2. The maximum Gasteiger partial charge on any atom is 0.235 e. The van der Waals surface area contributed by atoms with E-state index in [0.29, 0.717) is 19.8 Å². The maximum absolute atomic E-state index is 14.8. The van der Waals surface area contributed by atoms with Gasteiger partial charge in [-0.1, -0.05) is 13.8 Å². The van der Waals surface area contributed by atoms with Crippen LogP contribution in [0.15, 0.2) is 24.3 Å². The van der Waals surface area contributed by atoms with Gasteiger partial charge in [-0.25, -0.2) is 4.58 Å². The lowest BCUT2D eigenvalue weighted by atomic mass is 9.70. The van der Waals surface area contributed by atoms with Gasteiger partial charge in [0.05, 0.1) is 31.3 Å². The second-order valence-electron chi connectivity index (χ2n) is 11.7. The van der Waals surface area contributed by atoms with E-state index in [9.17, 15) is 9.67 Å². The predicted octanol–water partition coefficient (Wildman–Crippen LogP) is 3.27. The molecule has 2 aliphatic heterocycles. The molecule has 1 unspecified atom stereocenters. The van der Waals surface area contributed by atoms with Crippen LogP contribution in [0, 0.1) is 0 Å². The van der Waals surface area contributed by atoms with Crippen molar-refractivity contribution in [3.63, 3.8) is 0 Å². The average molecular weight is 570 g/mol. The SMILES string of the molecule is CCOP(=O)(CCO)C1=c2cc3c(cc2C(C)(C)c2cc4c(cc21)CCCN4CCOC)=[N+](CCOC)CCC3. The molecule has 0 fully saturated rings. The molecule has 0 saturated carbocycles. The lowest BCUT2D eigenvalue weighted by Crippen LogP contribution is -2.44. The number of aliphatic hydroxyl groups is 1. The quantitative estimate of drug-likeness (QED) is 0.331. The molecule has 0 bridgehead atoms. The van der Waals surface area contributed by atoms with Crippen molar-refractivity contribution in [3.8, 4) is 0 Å². The zero-order valence-corrected chi connectivity index (χ0v) is 25.8. The molecule has 1 N–H and O–H groups in total. The van der Waals surface area contributed by atoms with Crippen LogP contribution in [0.1, 0.15) is 61.4 Å². The number of nitrogens with zero attached hydrogens (tertiary/aromatic N) is 2. The van der Waals surface area contributed by atoms with E-state index < -0.39 is 7.37 Å². The molecular weight excluding hydrogens is 523 g/mol. The summed E-state index contributed by atoms with van der Waals surface area (Å²) >= 11 is 0. The Kier molecular flexibility index (Phi) is 8.89. The Morgan fingerprint density at radius 1 is 1.02 bits per heavy atom. The van der Waals surface area contributed by atoms with Crippen LogP contribution in [-0.2, 0) is 36.8 Å². The molecule has 40 heavy (non-hydrogen) atoms. The number of ether oxygens (including phenoxy) is 2. The molecular formula is C32H46N2O5P+. The topological polar surface area (TPSA) is 71.2 Å². The molecule has 1 atom stereocenters. The Morgan fingerprint density at radius 2 is 1.80 bits per heavy atom. The predicted molar refractivity (Wildman–Crippen MR) is 162 cm³/mol. The van der Waals surface area contributed by atoms with Gasteiger partial charge in [0.15, 0.2) is 6.54 Å². The van der Waals surface area contributed by atoms with Crippen LogP contribution in [0.4, 0.5) is 5.69 Å². The second-order valence-corrected chi connectivity index (χ2v) is 14.2. The lowest BCUT2D eigenvalue weighted by molar-refractivity contribution is 0.192. The second kappa shape index (κ2) is 12.1. The van der Waals surface area contributed by atoms with Crippen molar-refractivity contribution >= 4 is 18.4 Å². The number of hydrogen-bond donors (Lipinski definition) is 1. The molecule has 1 aliphatic carbocycles. The molecule has 0 spiro atoms. The van der Waals surface area contributed by atoms with E-state index in [1.54, 1.807) is 14.2 Å². The summed E-state index contributed by atoms with van der Waals surface area (Å²) in [4.78, 5) is 2.43. The highest BCUT2D eigenvalue weighted by molar-refractivity contribution is 7.69. The highest BCUT2D eigenvalue weighted by Crippen LogP contribution is 2.61. The Morgan fingerprint density at radius 3 is 2.52 bits per heavy atom. The fourth-order valence-electron chi connectivity index (χ4n) is 6.95. The van der Waals surface area contributed by atoms with E-state index in [-0.39, 0.29) is 18.2 Å². The van der Waals surface area contributed by atoms with Gasteiger partial charge in [-0.2, -0.15) is 0 Å². The first-order chi connectivity index (χ1) is 19.3. The summed E-state index contributed by atoms with van der Waals surface area (Å²) < 4.78 is 34.2. The summed E-state index contributed by atoms with van der Waals surface area (Å²) in [6, 6.07) is 9.27. The Hall–Kier alpha value is -2.02. The van der Waals surface area contributed by atoms with Crippen molar-refractivity contribution in [2.24, 2.45) is 0 Å². The molecule has 0 aromatic heterocycles. The molecule has 5 rings (SSSR count). The van der Waals surface area contributed by atoms with E-state index in [4.69, 9.17) is 14.0 Å². The number of hydrogen-bond acceptors (Lipinski definition) is 6. The number of benzene rings is 2. The van der Waals surface area contributed by atoms with Crippen molar-refractivity contribution < 1.29 is 23.7 Å². The molecule has 7 nitrogen and oxygen atoms in total. The summed E-state index contributed by atoms with van der Waals surface area (Å²) in [6.45, 7) is 11.7. The average Bonchev–Trinajstić information content (AvgIpc) is 2.93. The highest BCUT2D eigenvalue weighted by atomic mass is 31.2. The minimum absolute atomic E-state index is 0.115. The third-order valence-corrected chi connectivity index (χ3v) is 11.6. The number of rotatable bonds is 11. The van der Waals surface area contributed by atoms with Crippen LogP contribution >= 0.6 is 7.37 Å². The molecule has 0 saturated heterocycles. The van der Waals surface area contributed by atoms with E-state index in [0.717, 1.165) is 68.0 Å². The van der Waals surface area contributed by atoms with Gasteiger partial charge in [0.25, 0.3) is 0 Å². The number of anilines is 1. The van der Waals surface area contributed by atoms with E-state index in [2.05, 4.69) is 47.6 Å². The van der Waals surface area contributed by atoms with Crippen LogP contribution in [0.25, 0.3) is 5.31 Å². The van der Waals surface area contributed by atoms with Gasteiger partial charge in [0.2, 0.25) is 12.7 Å². The summed E-state index contributed by atoms with van der Waals surface area (Å²) in [5.74, 6) is 0. The van der Waals surface area contributed by atoms with Gasteiger partial charge in [-0.15, -0.1) is 0 Å². The molecule has 0 radical (unpaired) electrons. The van der Waals surface area contributed by atoms with Gasteiger partial charge >= 0.3 is 0 Å². The standard InChI is InChI=1S/C32H46N2O5P/c1-6-39-40(36,18-15-35)31-25-19-23-9-7-11-33(13-16-37-4)29(23)21-27(25)32(2,3)28-22-30-24(20-26(28)31)10-8-12-34(30)14-17-38-5/h19-22,35H,6-18H2,1-5H3/q+1. The summed E-state index contributed by atoms with van der Waals surface area (Å²) in [5, 5.41) is 13.2. The van der Waals surface area contributed by atoms with Gasteiger partial charge in [-0.05, 0) is 71.9 Å². The largest absolute Gasteiger partial charge is 0.396 e. The first-order valence-electron chi connectivity index (χ1n) is 14.8. The molecule has 2 aromatic carbocycles. The molecule has 218 valence electrons. The molecule has 8 heteroatoms. The number of aliphatic hydroxyl groups excluding tert-OH is 1. The fraction of sp³-hybridized carbons (Fsp3) is 0.594. The van der Waals surface area contributed by atoms with E-state index in [1.165, 1.54) is 33.3 Å². The minimum Gasteiger partial charge on any atom is -0.396 e. The van der Waals surface area contributed by atoms with Gasteiger partial charge in [0, 0.05) is 56.5 Å². The van der Waals surface area contributed by atoms with Gasteiger partial charge in [-0.3, -0.25) is 4.57 Å². The normalized spacial score (nSPS) is 19.0. The molecule has 0 amide bonds. The highest BCUT2D eigenvalue weighted by Gasteiger charge is 2.41. The summed E-state index contributed by atoms with van der Waals surface area (Å²) in [6.07, 6.45) is 4.25. The first-order valence-corrected chi connectivity index (χ1v) is 16.6. The van der Waals surface area contributed by atoms with Crippen LogP contribution < -0.4 is 20.1 Å². The van der Waals surface area contributed by atoms with Crippen molar-refractivity contribution in [1.82, 2.24) is 4.58 Å². The number of methoxy groups -OCH3 is 2. The van der Waals surface area contributed by atoms with E-state index in [1.807, 2.05) is 6.92 Å². The van der Waals surface area contributed by atoms with Crippen molar-refractivity contribution in [2.75, 3.05) is 77.9 Å². The van der Waals surface area contributed by atoms with Crippen LogP contribution in [0.2, 0.25) is 0 Å². The van der Waals surface area contributed by atoms with Crippen LogP contribution in [0.3, 0.4) is 0 Å². The van der Waals surface area contributed by atoms with Gasteiger partial charge in [0.1, 0.15) is 13.2 Å². The molecule has 2 aromatic rings. The lowest BCUT2D eigenvalue weighted by Gasteiger charge is -2.39. The van der Waals surface area contributed by atoms with Crippen LogP contribution in [0.5, 0.6) is 0 Å². The monoisotopic (exact) mass is 569 g/mol. The third-order valence-electron chi connectivity index (χ3n) is 8.93. The van der Waals surface area contributed by atoms with Crippen molar-refractivity contribution in [3.05, 3.63) is 62.7 Å². The molecule has 3 aliphatic rings. The third kappa shape index (κ3) is 5.20. The smallest absolute Gasteiger partial charge is 0.235 e. The minimum atomic E-state index is -3.35. The van der Waals surface area contributed by atoms with E-state index >= 15 is 0 Å². The Balaban J connectivity index is 1.85. The Bertz CT molecular complexity index is 1420. The van der Waals surface area contributed by atoms with Crippen LogP contribution in [-0.4, -0.2) is 78.1 Å². The Labute approximate surface area is 238 Å². The maximum atomic E-state index is 14.8. The number of fused-ring (bicyclic) bond motifs is 4. The van der Waals surface area contributed by atoms with Crippen molar-refractivity contribution in [1.29, 1.82) is 0 Å². The van der Waals surface area contributed by atoms with Gasteiger partial charge < -0.3 is 24.0 Å². The fourth-order valence-corrected chi connectivity index (χ4v) is 9.22. The summed E-state index contributed by atoms with van der Waals surface area (Å²) in [5.41, 5.74) is 6.89. The molecule has 2 heterocycles. The zero-order valence-electron chi connectivity index (χ0n) is 24.9. The summed E-state index contributed by atoms with van der Waals surface area (Å²) in [7, 11) is 0.150. The zero-order chi connectivity index (χ0) is 28.5.